The van der Waals surface area contributed by atoms with Gasteiger partial charge in [-0.15, -0.1) is 0 Å². The Bertz CT molecular complexity index is 1110. The molecule has 160 valence electrons. The molecule has 0 unspecified atom stereocenters. The van der Waals surface area contributed by atoms with Gasteiger partial charge in [0.25, 0.3) is 12.3 Å². The van der Waals surface area contributed by atoms with Crippen molar-refractivity contribution in [2.75, 3.05) is 13.1 Å². The van der Waals surface area contributed by atoms with E-state index >= 15 is 0 Å². The average Bonchev–Trinajstić information content (AvgIpc) is 2.78. The van der Waals surface area contributed by atoms with Gasteiger partial charge in [-0.05, 0) is 54.2 Å². The van der Waals surface area contributed by atoms with Crippen LogP contribution in [0, 0.1) is 5.82 Å². The number of carbonyl (C=O) groups is 2. The molecule has 0 aliphatic carbocycles. The topological polar surface area (TPSA) is 50.3 Å². The molecule has 0 bridgehead atoms. The fraction of sp³-hybridized carbons (Fsp3) is 0.292. The summed E-state index contributed by atoms with van der Waals surface area (Å²) in [7, 11) is 0. The van der Waals surface area contributed by atoms with Crippen molar-refractivity contribution in [3.05, 3.63) is 77.2 Å². The minimum absolute atomic E-state index is 0.115. The molecule has 1 aliphatic heterocycles. The van der Waals surface area contributed by atoms with Crippen LogP contribution in [0.15, 0.2) is 54.7 Å². The van der Waals surface area contributed by atoms with Gasteiger partial charge >= 0.3 is 0 Å². The van der Waals surface area contributed by atoms with Crippen LogP contribution in [0.2, 0.25) is 0 Å². The van der Waals surface area contributed by atoms with Gasteiger partial charge in [-0.1, -0.05) is 24.3 Å². The van der Waals surface area contributed by atoms with Gasteiger partial charge in [0.2, 0.25) is 5.78 Å². The van der Waals surface area contributed by atoms with E-state index in [1.807, 2.05) is 6.07 Å². The van der Waals surface area contributed by atoms with Gasteiger partial charge in [-0.2, -0.15) is 0 Å². The zero-order valence-corrected chi connectivity index (χ0v) is 16.7. The Morgan fingerprint density at radius 2 is 1.74 bits per heavy atom. The molecule has 2 aromatic carbocycles. The van der Waals surface area contributed by atoms with E-state index < -0.39 is 18.1 Å². The Labute approximate surface area is 177 Å². The van der Waals surface area contributed by atoms with Gasteiger partial charge in [-0.3, -0.25) is 14.6 Å². The first-order chi connectivity index (χ1) is 14.9. The number of hydrogen-bond donors (Lipinski definition) is 0. The molecule has 7 heteroatoms. The molecule has 4 nitrogen and oxygen atoms in total. The van der Waals surface area contributed by atoms with Crippen LogP contribution in [0.5, 0.6) is 0 Å². The Kier molecular flexibility index (Phi) is 6.02. The molecule has 0 saturated carbocycles. The standard InChI is InChI=1S/C24H21F3N2O2/c25-18-5-6-21-20(14-18)19(7-10-28-21)16-8-11-29(12-9-16)24(31)22(30)13-15-1-3-17(4-2-15)23(26)27/h1-7,10,14,16,23H,8-9,11-13H2. The maximum atomic E-state index is 13.7. The van der Waals surface area contributed by atoms with E-state index in [9.17, 15) is 22.8 Å². The van der Waals surface area contributed by atoms with Crippen molar-refractivity contribution in [3.63, 3.8) is 0 Å². The number of carbonyl (C=O) groups excluding carboxylic acids is 2. The molecule has 0 radical (unpaired) electrons. The van der Waals surface area contributed by atoms with Crippen LogP contribution in [0.1, 0.15) is 41.9 Å². The number of amides is 1. The van der Waals surface area contributed by atoms with Crippen LogP contribution in [0.3, 0.4) is 0 Å². The van der Waals surface area contributed by atoms with Gasteiger partial charge in [0.15, 0.2) is 0 Å². The third-order valence-electron chi connectivity index (χ3n) is 5.79. The monoisotopic (exact) mass is 426 g/mol. The second-order valence-electron chi connectivity index (χ2n) is 7.77. The largest absolute Gasteiger partial charge is 0.336 e. The minimum atomic E-state index is -2.57. The lowest BCUT2D eigenvalue weighted by Gasteiger charge is -2.32. The number of ketones is 1. The molecule has 0 atom stereocenters. The Balaban J connectivity index is 1.39. The highest BCUT2D eigenvalue weighted by atomic mass is 19.3. The second kappa shape index (κ2) is 8.88. The molecule has 1 saturated heterocycles. The second-order valence-corrected chi connectivity index (χ2v) is 7.77. The summed E-state index contributed by atoms with van der Waals surface area (Å²) in [6.07, 6.45) is 0.351. The van der Waals surface area contributed by atoms with Crippen molar-refractivity contribution in [1.29, 1.82) is 0 Å². The van der Waals surface area contributed by atoms with Crippen LogP contribution in [0.25, 0.3) is 10.9 Å². The minimum Gasteiger partial charge on any atom is -0.336 e. The molecule has 31 heavy (non-hydrogen) atoms. The fourth-order valence-corrected chi connectivity index (χ4v) is 4.11. The fourth-order valence-electron chi connectivity index (χ4n) is 4.11. The van der Waals surface area contributed by atoms with Crippen molar-refractivity contribution in [2.24, 2.45) is 0 Å². The number of fused-ring (bicyclic) bond motifs is 1. The molecular weight excluding hydrogens is 405 g/mol. The van der Waals surface area contributed by atoms with Crippen molar-refractivity contribution in [1.82, 2.24) is 9.88 Å². The number of benzene rings is 2. The number of hydrogen-bond acceptors (Lipinski definition) is 3. The third kappa shape index (κ3) is 4.60. The van der Waals surface area contributed by atoms with E-state index in [2.05, 4.69) is 4.98 Å². The van der Waals surface area contributed by atoms with Gasteiger partial charge < -0.3 is 4.90 Å². The summed E-state index contributed by atoms with van der Waals surface area (Å²) < 4.78 is 39.0. The van der Waals surface area contributed by atoms with Crippen LogP contribution in [0.4, 0.5) is 13.2 Å². The number of Topliss-reactive ketones (excluding diaryl/α,β-unsaturated/α-hetero) is 1. The van der Waals surface area contributed by atoms with Crippen molar-refractivity contribution in [3.8, 4) is 0 Å². The zero-order chi connectivity index (χ0) is 22.0. The van der Waals surface area contributed by atoms with Gasteiger partial charge in [0, 0.05) is 36.7 Å². The van der Waals surface area contributed by atoms with E-state index in [1.54, 1.807) is 12.3 Å². The Hall–Kier alpha value is -3.22. The van der Waals surface area contributed by atoms with Gasteiger partial charge in [-0.25, -0.2) is 13.2 Å². The van der Waals surface area contributed by atoms with E-state index in [0.29, 0.717) is 31.5 Å². The van der Waals surface area contributed by atoms with E-state index in [-0.39, 0.29) is 23.7 Å². The first-order valence-corrected chi connectivity index (χ1v) is 10.2. The number of likely N-dealkylation sites (tertiary alicyclic amines) is 1. The molecule has 0 N–H and O–H groups in total. The average molecular weight is 426 g/mol. The summed E-state index contributed by atoms with van der Waals surface area (Å²) in [4.78, 5) is 30.8. The molecule has 1 amide bonds. The summed E-state index contributed by atoms with van der Waals surface area (Å²) in [5.41, 5.74) is 2.14. The lowest BCUT2D eigenvalue weighted by molar-refractivity contribution is -0.145. The summed E-state index contributed by atoms with van der Waals surface area (Å²) in [5, 5.41) is 0.774. The quantitative estimate of drug-likeness (QED) is 0.549. The normalized spacial score (nSPS) is 14.9. The van der Waals surface area contributed by atoms with E-state index in [1.165, 1.54) is 41.3 Å². The molecule has 2 heterocycles. The molecule has 4 rings (SSSR count). The Morgan fingerprint density at radius 3 is 2.42 bits per heavy atom. The van der Waals surface area contributed by atoms with Gasteiger partial charge in [0.05, 0.1) is 5.52 Å². The number of halogens is 3. The summed E-state index contributed by atoms with van der Waals surface area (Å²) >= 11 is 0. The lowest BCUT2D eigenvalue weighted by Crippen LogP contribution is -2.42. The summed E-state index contributed by atoms with van der Waals surface area (Å²) in [5.74, 6) is -1.28. The van der Waals surface area contributed by atoms with Crippen LogP contribution in [-0.2, 0) is 16.0 Å². The molecule has 0 spiro atoms. The number of nitrogens with zero attached hydrogens (tertiary/aromatic N) is 2. The molecule has 1 aromatic heterocycles. The number of alkyl halides is 2. The molecule has 1 fully saturated rings. The first kappa shape index (κ1) is 21.0. The van der Waals surface area contributed by atoms with Crippen molar-refractivity contribution >= 4 is 22.6 Å². The zero-order valence-electron chi connectivity index (χ0n) is 16.7. The highest BCUT2D eigenvalue weighted by Gasteiger charge is 2.28. The summed E-state index contributed by atoms with van der Waals surface area (Å²) in [6.45, 7) is 0.859. The van der Waals surface area contributed by atoms with Crippen LogP contribution < -0.4 is 0 Å². The first-order valence-electron chi connectivity index (χ1n) is 10.2. The summed E-state index contributed by atoms with van der Waals surface area (Å²) in [6, 6.07) is 11.8. The number of rotatable bonds is 5. The predicted molar refractivity (Wildman–Crippen MR) is 110 cm³/mol. The third-order valence-corrected chi connectivity index (χ3v) is 5.79. The molecule has 3 aromatic rings. The number of pyridine rings is 1. The number of piperidine rings is 1. The maximum Gasteiger partial charge on any atom is 0.290 e. The lowest BCUT2D eigenvalue weighted by atomic mass is 9.87. The van der Waals surface area contributed by atoms with Crippen LogP contribution >= 0.6 is 0 Å². The maximum absolute atomic E-state index is 13.7. The Morgan fingerprint density at radius 1 is 1.03 bits per heavy atom. The van der Waals surface area contributed by atoms with Crippen LogP contribution in [-0.4, -0.2) is 34.7 Å². The van der Waals surface area contributed by atoms with E-state index in [4.69, 9.17) is 0 Å². The highest BCUT2D eigenvalue weighted by molar-refractivity contribution is 6.36. The predicted octanol–water partition coefficient (Wildman–Crippen LogP) is 4.83. The van der Waals surface area contributed by atoms with E-state index in [0.717, 1.165) is 16.5 Å². The number of aromatic nitrogens is 1. The molecular formula is C24H21F3N2O2. The molecule has 1 aliphatic rings. The van der Waals surface area contributed by atoms with Crippen molar-refractivity contribution in [2.45, 2.75) is 31.6 Å². The smallest absolute Gasteiger partial charge is 0.290 e. The van der Waals surface area contributed by atoms with Gasteiger partial charge in [0.1, 0.15) is 5.82 Å². The highest BCUT2D eigenvalue weighted by Crippen LogP contribution is 2.33. The SMILES string of the molecule is O=C(Cc1ccc(C(F)F)cc1)C(=O)N1CCC(c2ccnc3ccc(F)cc23)CC1. The van der Waals surface area contributed by atoms with Crippen molar-refractivity contribution < 1.29 is 22.8 Å².